The summed E-state index contributed by atoms with van der Waals surface area (Å²) < 4.78 is 0. The fourth-order valence-electron chi connectivity index (χ4n) is 2.69. The Bertz CT molecular complexity index is 557. The Labute approximate surface area is 135 Å². The molecule has 1 aliphatic rings. The van der Waals surface area contributed by atoms with Crippen molar-refractivity contribution in [3.8, 4) is 0 Å². The van der Waals surface area contributed by atoms with E-state index in [1.165, 1.54) is 11.1 Å². The fraction of sp³-hybridized carbons (Fsp3) is 0.278. The van der Waals surface area contributed by atoms with Crippen LogP contribution in [0.3, 0.4) is 0 Å². The number of hydrogen-bond acceptors (Lipinski definition) is 3. The lowest BCUT2D eigenvalue weighted by Gasteiger charge is -2.20. The number of carbonyl (C=O) groups excluding carboxylic acids is 1. The summed E-state index contributed by atoms with van der Waals surface area (Å²) in [4.78, 5) is 12.2. The third-order valence-electron chi connectivity index (χ3n) is 3.92. The molecule has 1 aliphatic heterocycles. The average molecular weight is 312 g/mol. The molecule has 22 heavy (non-hydrogen) atoms. The molecule has 114 valence electrons. The van der Waals surface area contributed by atoms with E-state index in [2.05, 4.69) is 34.9 Å². The van der Waals surface area contributed by atoms with Crippen LogP contribution in [0, 0.1) is 0 Å². The highest BCUT2D eigenvalue weighted by Gasteiger charge is 2.23. The van der Waals surface area contributed by atoms with E-state index in [-0.39, 0.29) is 17.9 Å². The van der Waals surface area contributed by atoms with Crippen molar-refractivity contribution in [3.05, 3.63) is 71.8 Å². The van der Waals surface area contributed by atoms with E-state index in [0.29, 0.717) is 6.54 Å². The Hall–Kier alpha value is -1.78. The Morgan fingerprint density at radius 3 is 2.18 bits per heavy atom. The Morgan fingerprint density at radius 1 is 1.09 bits per heavy atom. The van der Waals surface area contributed by atoms with Gasteiger partial charge in [0.1, 0.15) is 0 Å². The molecule has 3 nitrogen and oxygen atoms in total. The van der Waals surface area contributed by atoms with Crippen LogP contribution in [0.1, 0.15) is 17.0 Å². The summed E-state index contributed by atoms with van der Waals surface area (Å²) in [6.45, 7) is 0.621. The Balaban J connectivity index is 1.73. The van der Waals surface area contributed by atoms with Crippen LogP contribution < -0.4 is 10.6 Å². The predicted octanol–water partition coefficient (Wildman–Crippen LogP) is 2.60. The summed E-state index contributed by atoms with van der Waals surface area (Å²) in [6, 6.07) is 20.6. The van der Waals surface area contributed by atoms with Gasteiger partial charge in [-0.3, -0.25) is 10.1 Å². The summed E-state index contributed by atoms with van der Waals surface area (Å²) >= 11 is 1.77. The van der Waals surface area contributed by atoms with Gasteiger partial charge in [0.2, 0.25) is 5.91 Å². The molecule has 2 N–H and O–H groups in total. The Morgan fingerprint density at radius 2 is 1.68 bits per heavy atom. The van der Waals surface area contributed by atoms with Crippen molar-refractivity contribution in [2.45, 2.75) is 12.0 Å². The fourth-order valence-corrected chi connectivity index (χ4v) is 3.63. The summed E-state index contributed by atoms with van der Waals surface area (Å²) in [6.07, 6.45) is 0. The molecule has 0 radical (unpaired) electrons. The number of carbonyl (C=O) groups is 1. The molecule has 1 amide bonds. The summed E-state index contributed by atoms with van der Waals surface area (Å²) in [5.74, 6) is 1.99. The first-order valence-corrected chi connectivity index (χ1v) is 8.69. The van der Waals surface area contributed by atoms with Gasteiger partial charge in [0.15, 0.2) is 0 Å². The maximum absolute atomic E-state index is 12.2. The zero-order chi connectivity index (χ0) is 15.2. The van der Waals surface area contributed by atoms with Gasteiger partial charge in [-0.2, -0.15) is 0 Å². The minimum Gasteiger partial charge on any atom is -0.354 e. The number of thioether (sulfide) groups is 1. The third-order valence-corrected chi connectivity index (χ3v) is 4.86. The quantitative estimate of drug-likeness (QED) is 0.892. The molecule has 0 aromatic heterocycles. The highest BCUT2D eigenvalue weighted by Crippen LogP contribution is 2.23. The van der Waals surface area contributed by atoms with Gasteiger partial charge in [0, 0.05) is 24.1 Å². The van der Waals surface area contributed by atoms with Crippen molar-refractivity contribution in [2.75, 3.05) is 18.2 Å². The van der Waals surface area contributed by atoms with Crippen molar-refractivity contribution in [3.63, 3.8) is 0 Å². The van der Waals surface area contributed by atoms with E-state index < -0.39 is 0 Å². The first-order chi connectivity index (χ1) is 10.8. The van der Waals surface area contributed by atoms with Crippen molar-refractivity contribution in [1.82, 2.24) is 10.6 Å². The zero-order valence-corrected chi connectivity index (χ0v) is 13.2. The predicted molar refractivity (Wildman–Crippen MR) is 92.0 cm³/mol. The molecular weight excluding hydrogens is 292 g/mol. The summed E-state index contributed by atoms with van der Waals surface area (Å²) in [5, 5.41) is 6.32. The second kappa shape index (κ2) is 7.47. The standard InChI is InChI=1S/C18H20N2OS/c21-18(17-12-22-13-20-17)19-11-16(14-7-3-1-4-8-14)15-9-5-2-6-10-15/h1-10,16-17,20H,11-13H2,(H,19,21)/t17-/m1/s1. The topological polar surface area (TPSA) is 41.1 Å². The molecule has 2 aromatic rings. The average Bonchev–Trinajstić information content (AvgIpc) is 3.11. The van der Waals surface area contributed by atoms with E-state index in [0.717, 1.165) is 11.6 Å². The third kappa shape index (κ3) is 3.70. The molecule has 1 atom stereocenters. The van der Waals surface area contributed by atoms with E-state index >= 15 is 0 Å². The molecule has 0 unspecified atom stereocenters. The zero-order valence-electron chi connectivity index (χ0n) is 12.4. The van der Waals surface area contributed by atoms with Gasteiger partial charge < -0.3 is 5.32 Å². The molecule has 1 fully saturated rings. The first-order valence-electron chi connectivity index (χ1n) is 7.53. The molecule has 1 heterocycles. The molecule has 1 saturated heterocycles. The van der Waals surface area contributed by atoms with Crippen LogP contribution in [-0.2, 0) is 4.79 Å². The molecule has 0 spiro atoms. The molecule has 4 heteroatoms. The van der Waals surface area contributed by atoms with Gasteiger partial charge in [-0.1, -0.05) is 60.7 Å². The SMILES string of the molecule is O=C(NCC(c1ccccc1)c1ccccc1)[C@H]1CSCN1. The number of amides is 1. The number of hydrogen-bond donors (Lipinski definition) is 2. The van der Waals surface area contributed by atoms with Gasteiger partial charge in [-0.25, -0.2) is 0 Å². The lowest BCUT2D eigenvalue weighted by atomic mass is 9.91. The lowest BCUT2D eigenvalue weighted by molar-refractivity contribution is -0.122. The number of benzene rings is 2. The first kappa shape index (κ1) is 15.1. The van der Waals surface area contributed by atoms with Crippen LogP contribution in [0.4, 0.5) is 0 Å². The molecule has 0 saturated carbocycles. The summed E-state index contributed by atoms with van der Waals surface area (Å²) in [7, 11) is 0. The van der Waals surface area contributed by atoms with E-state index in [1.54, 1.807) is 11.8 Å². The van der Waals surface area contributed by atoms with E-state index in [9.17, 15) is 4.79 Å². The molecule has 3 rings (SSSR count). The maximum atomic E-state index is 12.2. The highest BCUT2D eigenvalue weighted by molar-refractivity contribution is 7.99. The number of nitrogens with one attached hydrogen (secondary N) is 2. The van der Waals surface area contributed by atoms with Crippen LogP contribution in [0.25, 0.3) is 0 Å². The van der Waals surface area contributed by atoms with Crippen LogP contribution >= 0.6 is 11.8 Å². The molecule has 0 aliphatic carbocycles. The van der Waals surface area contributed by atoms with E-state index in [4.69, 9.17) is 0 Å². The largest absolute Gasteiger partial charge is 0.354 e. The van der Waals surface area contributed by atoms with Crippen LogP contribution in [-0.4, -0.2) is 30.1 Å². The second-order valence-corrected chi connectivity index (χ2v) is 6.42. The van der Waals surface area contributed by atoms with Gasteiger partial charge in [-0.05, 0) is 11.1 Å². The van der Waals surface area contributed by atoms with Crippen molar-refractivity contribution in [2.24, 2.45) is 0 Å². The van der Waals surface area contributed by atoms with Gasteiger partial charge in [-0.15, -0.1) is 11.8 Å². The van der Waals surface area contributed by atoms with Gasteiger partial charge >= 0.3 is 0 Å². The second-order valence-electron chi connectivity index (χ2n) is 5.39. The normalized spacial score (nSPS) is 17.6. The van der Waals surface area contributed by atoms with Gasteiger partial charge in [0.25, 0.3) is 0 Å². The van der Waals surface area contributed by atoms with Crippen LogP contribution in [0.5, 0.6) is 0 Å². The van der Waals surface area contributed by atoms with Crippen LogP contribution in [0.15, 0.2) is 60.7 Å². The monoisotopic (exact) mass is 312 g/mol. The van der Waals surface area contributed by atoms with Crippen molar-refractivity contribution in [1.29, 1.82) is 0 Å². The molecule has 2 aromatic carbocycles. The maximum Gasteiger partial charge on any atom is 0.238 e. The summed E-state index contributed by atoms with van der Waals surface area (Å²) in [5.41, 5.74) is 2.45. The van der Waals surface area contributed by atoms with Crippen molar-refractivity contribution < 1.29 is 4.79 Å². The molecule has 0 bridgehead atoms. The lowest BCUT2D eigenvalue weighted by Crippen LogP contribution is -2.43. The van der Waals surface area contributed by atoms with E-state index in [1.807, 2.05) is 36.4 Å². The smallest absolute Gasteiger partial charge is 0.238 e. The van der Waals surface area contributed by atoms with Crippen molar-refractivity contribution >= 4 is 17.7 Å². The molecular formula is C18H20N2OS. The number of rotatable bonds is 5. The highest BCUT2D eigenvalue weighted by atomic mass is 32.2. The van der Waals surface area contributed by atoms with Gasteiger partial charge in [0.05, 0.1) is 6.04 Å². The minimum atomic E-state index is -0.0582. The van der Waals surface area contributed by atoms with Crippen LogP contribution in [0.2, 0.25) is 0 Å². The minimum absolute atomic E-state index is 0.0582. The Kier molecular flexibility index (Phi) is 5.14.